The van der Waals surface area contributed by atoms with Crippen LogP contribution in [0.2, 0.25) is 0 Å². The Labute approximate surface area is 144 Å². The minimum absolute atomic E-state index is 0.0444. The predicted octanol–water partition coefficient (Wildman–Crippen LogP) is 1.99. The molecule has 1 aromatic rings. The van der Waals surface area contributed by atoms with E-state index in [0.717, 1.165) is 15.9 Å². The van der Waals surface area contributed by atoms with Crippen molar-refractivity contribution < 1.29 is 23.6 Å². The zero-order valence-electron chi connectivity index (χ0n) is 14.3. The number of amides is 4. The maximum Gasteiger partial charge on any atom is 0.265 e. The van der Waals surface area contributed by atoms with Crippen LogP contribution in [0.3, 0.4) is 0 Å². The molecular weight excluding hydrogens is 327 g/mol. The lowest BCUT2D eigenvalue weighted by Crippen LogP contribution is -2.57. The summed E-state index contributed by atoms with van der Waals surface area (Å²) in [5.41, 5.74) is -0.668. The fourth-order valence-corrected chi connectivity index (χ4v) is 3.25. The van der Waals surface area contributed by atoms with E-state index in [1.807, 2.05) is 20.8 Å². The third kappa shape index (κ3) is 2.83. The Kier molecular flexibility index (Phi) is 3.97. The van der Waals surface area contributed by atoms with Crippen molar-refractivity contribution in [3.8, 4) is 0 Å². The standard InChI is InChI=1S/C18H19FN2O4/c1-18(2,3)9-20-13(22)8-7-12(16(20)24)21-15(23)10-5-4-6-11(19)14(10)17(21)25/h4-6,12H,7-9H2,1-3H3. The molecule has 0 radical (unpaired) electrons. The normalized spacial score (nSPS) is 21.2. The van der Waals surface area contributed by atoms with Gasteiger partial charge >= 0.3 is 0 Å². The number of hydrogen-bond acceptors (Lipinski definition) is 4. The third-order valence-corrected chi connectivity index (χ3v) is 4.32. The summed E-state index contributed by atoms with van der Waals surface area (Å²) in [6, 6.07) is 2.74. The second kappa shape index (κ2) is 5.75. The monoisotopic (exact) mass is 346 g/mol. The van der Waals surface area contributed by atoms with E-state index in [4.69, 9.17) is 0 Å². The Morgan fingerprint density at radius 1 is 1.12 bits per heavy atom. The highest BCUT2D eigenvalue weighted by atomic mass is 19.1. The molecule has 4 amide bonds. The maximum atomic E-state index is 14.0. The number of nitrogens with zero attached hydrogens (tertiary/aromatic N) is 2. The van der Waals surface area contributed by atoms with Crippen LogP contribution < -0.4 is 0 Å². The summed E-state index contributed by atoms with van der Waals surface area (Å²) in [5.74, 6) is -3.20. The quantitative estimate of drug-likeness (QED) is 0.768. The van der Waals surface area contributed by atoms with Gasteiger partial charge in [-0.15, -0.1) is 0 Å². The van der Waals surface area contributed by atoms with Gasteiger partial charge in [-0.05, 0) is 24.0 Å². The minimum Gasteiger partial charge on any atom is -0.280 e. The number of benzene rings is 1. The number of rotatable bonds is 2. The predicted molar refractivity (Wildman–Crippen MR) is 86.1 cm³/mol. The number of carbonyl (C=O) groups excluding carboxylic acids is 4. The summed E-state index contributed by atoms with van der Waals surface area (Å²) in [4.78, 5) is 52.0. The molecular formula is C18H19FN2O4. The first-order chi connectivity index (χ1) is 11.6. The van der Waals surface area contributed by atoms with E-state index in [-0.39, 0.29) is 41.8 Å². The van der Waals surface area contributed by atoms with Gasteiger partial charge in [0.15, 0.2) is 0 Å². The second-order valence-corrected chi connectivity index (χ2v) is 7.58. The van der Waals surface area contributed by atoms with Crippen LogP contribution in [-0.2, 0) is 9.59 Å². The van der Waals surface area contributed by atoms with Crippen molar-refractivity contribution in [3.63, 3.8) is 0 Å². The fraction of sp³-hybridized carbons (Fsp3) is 0.444. The average molecular weight is 346 g/mol. The van der Waals surface area contributed by atoms with Crippen molar-refractivity contribution in [3.05, 3.63) is 35.1 Å². The highest BCUT2D eigenvalue weighted by Crippen LogP contribution is 2.31. The minimum atomic E-state index is -1.08. The van der Waals surface area contributed by atoms with E-state index in [9.17, 15) is 23.6 Å². The van der Waals surface area contributed by atoms with Crippen molar-refractivity contribution in [2.45, 2.75) is 39.7 Å². The lowest BCUT2D eigenvalue weighted by molar-refractivity contribution is -0.153. The molecule has 7 heteroatoms. The van der Waals surface area contributed by atoms with Gasteiger partial charge in [-0.25, -0.2) is 4.39 Å². The summed E-state index contributed by atoms with van der Waals surface area (Å²) < 4.78 is 14.0. The zero-order chi connectivity index (χ0) is 18.5. The summed E-state index contributed by atoms with van der Waals surface area (Å²) in [6.45, 7) is 5.84. The molecule has 3 rings (SSSR count). The molecule has 1 fully saturated rings. The first-order valence-electron chi connectivity index (χ1n) is 8.12. The number of imide groups is 2. The summed E-state index contributed by atoms with van der Waals surface area (Å²) in [5, 5.41) is 0. The van der Waals surface area contributed by atoms with Gasteiger partial charge in [-0.1, -0.05) is 26.8 Å². The lowest BCUT2D eigenvalue weighted by Gasteiger charge is -2.37. The van der Waals surface area contributed by atoms with E-state index in [1.54, 1.807) is 0 Å². The molecule has 6 nitrogen and oxygen atoms in total. The van der Waals surface area contributed by atoms with Crippen LogP contribution in [0.25, 0.3) is 0 Å². The van der Waals surface area contributed by atoms with Gasteiger partial charge in [-0.3, -0.25) is 29.0 Å². The van der Waals surface area contributed by atoms with Gasteiger partial charge in [0, 0.05) is 13.0 Å². The molecule has 0 aromatic heterocycles. The average Bonchev–Trinajstić information content (AvgIpc) is 2.76. The molecule has 2 heterocycles. The number of halogens is 1. The molecule has 1 aromatic carbocycles. The maximum absolute atomic E-state index is 14.0. The topological polar surface area (TPSA) is 74.8 Å². The summed E-state index contributed by atoms with van der Waals surface area (Å²) >= 11 is 0. The van der Waals surface area contributed by atoms with Crippen molar-refractivity contribution in [2.24, 2.45) is 5.41 Å². The number of piperidine rings is 1. The van der Waals surface area contributed by atoms with Crippen molar-refractivity contribution in [2.75, 3.05) is 6.54 Å². The van der Waals surface area contributed by atoms with Crippen LogP contribution >= 0.6 is 0 Å². The molecule has 0 bridgehead atoms. The number of likely N-dealkylation sites (tertiary alicyclic amines) is 1. The van der Waals surface area contributed by atoms with Crippen LogP contribution in [0.4, 0.5) is 4.39 Å². The number of fused-ring (bicyclic) bond motifs is 1. The van der Waals surface area contributed by atoms with Crippen LogP contribution in [0, 0.1) is 11.2 Å². The van der Waals surface area contributed by atoms with E-state index >= 15 is 0 Å². The van der Waals surface area contributed by atoms with Crippen molar-refractivity contribution in [1.29, 1.82) is 0 Å². The molecule has 2 aliphatic heterocycles. The molecule has 132 valence electrons. The zero-order valence-corrected chi connectivity index (χ0v) is 14.3. The molecule has 1 unspecified atom stereocenters. The highest BCUT2D eigenvalue weighted by molar-refractivity contribution is 6.23. The molecule has 2 aliphatic rings. The Hall–Kier alpha value is -2.57. The Bertz CT molecular complexity index is 797. The molecule has 0 N–H and O–H groups in total. The smallest absolute Gasteiger partial charge is 0.265 e. The Morgan fingerprint density at radius 2 is 1.80 bits per heavy atom. The molecule has 0 spiro atoms. The molecule has 1 saturated heterocycles. The SMILES string of the molecule is CC(C)(C)CN1C(=O)CCC(N2C(=O)c3cccc(F)c3C2=O)C1=O. The molecule has 0 saturated carbocycles. The first kappa shape index (κ1) is 17.3. The number of carbonyl (C=O) groups is 4. The highest BCUT2D eigenvalue weighted by Gasteiger charge is 2.48. The fourth-order valence-electron chi connectivity index (χ4n) is 3.25. The lowest BCUT2D eigenvalue weighted by atomic mass is 9.93. The van der Waals surface area contributed by atoms with E-state index in [2.05, 4.69) is 0 Å². The van der Waals surface area contributed by atoms with E-state index in [0.29, 0.717) is 0 Å². The van der Waals surface area contributed by atoms with Gasteiger partial charge in [0.2, 0.25) is 5.91 Å². The van der Waals surface area contributed by atoms with Gasteiger partial charge in [0.05, 0.1) is 11.1 Å². The Balaban J connectivity index is 1.94. The molecule has 0 aliphatic carbocycles. The van der Waals surface area contributed by atoms with Gasteiger partial charge in [0.25, 0.3) is 17.7 Å². The van der Waals surface area contributed by atoms with Crippen molar-refractivity contribution in [1.82, 2.24) is 9.80 Å². The Morgan fingerprint density at radius 3 is 2.40 bits per heavy atom. The van der Waals surface area contributed by atoms with Crippen LogP contribution in [0.1, 0.15) is 54.3 Å². The number of hydrogen-bond donors (Lipinski definition) is 0. The van der Waals surface area contributed by atoms with Crippen LogP contribution in [-0.4, -0.2) is 46.0 Å². The largest absolute Gasteiger partial charge is 0.280 e. The van der Waals surface area contributed by atoms with E-state index in [1.165, 1.54) is 12.1 Å². The summed E-state index contributed by atoms with van der Waals surface area (Å²) in [6.07, 6.45) is 0.119. The van der Waals surface area contributed by atoms with Crippen molar-refractivity contribution >= 4 is 23.6 Å². The van der Waals surface area contributed by atoms with Gasteiger partial charge in [-0.2, -0.15) is 0 Å². The van der Waals surface area contributed by atoms with Crippen LogP contribution in [0.15, 0.2) is 18.2 Å². The van der Waals surface area contributed by atoms with E-state index < -0.39 is 29.6 Å². The third-order valence-electron chi connectivity index (χ3n) is 4.32. The first-order valence-corrected chi connectivity index (χ1v) is 8.12. The van der Waals surface area contributed by atoms with Gasteiger partial charge < -0.3 is 0 Å². The van der Waals surface area contributed by atoms with Gasteiger partial charge in [0.1, 0.15) is 11.9 Å². The molecule has 25 heavy (non-hydrogen) atoms. The summed E-state index contributed by atoms with van der Waals surface area (Å²) in [7, 11) is 0. The van der Waals surface area contributed by atoms with Crippen LogP contribution in [0.5, 0.6) is 0 Å². The second-order valence-electron chi connectivity index (χ2n) is 7.58. The molecule has 1 atom stereocenters.